The zero-order valence-corrected chi connectivity index (χ0v) is 12.1. The summed E-state index contributed by atoms with van der Waals surface area (Å²) in [4.78, 5) is 0. The molecular weight excluding hydrogens is 326 g/mol. The Hall–Kier alpha value is -1.59. The molecule has 1 N–H and O–H groups in total. The first-order valence-corrected chi connectivity index (χ1v) is 6.63. The molecule has 2 rings (SSSR count). The summed E-state index contributed by atoms with van der Waals surface area (Å²) in [5, 5.41) is 3.80. The lowest BCUT2D eigenvalue weighted by molar-refractivity contribution is -0.274. The summed E-state index contributed by atoms with van der Waals surface area (Å²) < 4.78 is 40.3. The van der Waals surface area contributed by atoms with E-state index in [1.165, 1.54) is 18.2 Å². The van der Waals surface area contributed by atoms with Gasteiger partial charge in [0, 0.05) is 18.3 Å². The maximum atomic E-state index is 12.1. The van der Waals surface area contributed by atoms with Crippen LogP contribution in [0, 0.1) is 0 Å². The lowest BCUT2D eigenvalue weighted by atomic mass is 10.2. The van der Waals surface area contributed by atoms with Crippen LogP contribution in [0.2, 0.25) is 10.0 Å². The topological polar surface area (TPSA) is 21.3 Å². The van der Waals surface area contributed by atoms with E-state index in [1.54, 1.807) is 24.3 Å². The first kappa shape index (κ1) is 15.8. The fourth-order valence-electron chi connectivity index (χ4n) is 1.69. The van der Waals surface area contributed by atoms with Crippen molar-refractivity contribution in [3.05, 3.63) is 58.1 Å². The third kappa shape index (κ3) is 4.72. The molecule has 0 aliphatic heterocycles. The second kappa shape index (κ2) is 6.45. The minimum atomic E-state index is -4.71. The third-order valence-electron chi connectivity index (χ3n) is 2.58. The van der Waals surface area contributed by atoms with Crippen LogP contribution in [0.4, 0.5) is 18.9 Å². The Balaban J connectivity index is 2.07. The largest absolute Gasteiger partial charge is 0.573 e. The van der Waals surface area contributed by atoms with Crippen LogP contribution in [0.15, 0.2) is 42.5 Å². The summed E-state index contributed by atoms with van der Waals surface area (Å²) in [5.41, 5.74) is 1.22. The van der Waals surface area contributed by atoms with E-state index < -0.39 is 6.36 Å². The van der Waals surface area contributed by atoms with Crippen LogP contribution in [0.3, 0.4) is 0 Å². The van der Waals surface area contributed by atoms with Gasteiger partial charge in [0.15, 0.2) is 0 Å². The zero-order chi connectivity index (χ0) is 15.5. The van der Waals surface area contributed by atoms with Crippen molar-refractivity contribution in [1.82, 2.24) is 0 Å². The molecule has 112 valence electrons. The van der Waals surface area contributed by atoms with Gasteiger partial charge in [-0.2, -0.15) is 0 Å². The summed E-state index contributed by atoms with van der Waals surface area (Å²) in [5.74, 6) is -0.287. The highest BCUT2D eigenvalue weighted by Crippen LogP contribution is 2.28. The average molecular weight is 336 g/mol. The molecule has 21 heavy (non-hydrogen) atoms. The molecular formula is C14H10Cl2F3NO. The number of anilines is 1. The summed E-state index contributed by atoms with van der Waals surface area (Å²) in [6, 6.07) is 10.7. The smallest absolute Gasteiger partial charge is 0.406 e. The van der Waals surface area contributed by atoms with Gasteiger partial charge in [0.1, 0.15) is 5.75 Å². The second-order valence-electron chi connectivity index (χ2n) is 4.14. The van der Waals surface area contributed by atoms with Crippen molar-refractivity contribution < 1.29 is 17.9 Å². The standard InChI is InChI=1S/C14H10Cl2F3NO/c15-12-6-1-3-9(13(12)16)8-20-10-4-2-5-11(7-10)21-14(17,18)19/h1-7,20H,8H2. The highest BCUT2D eigenvalue weighted by Gasteiger charge is 2.31. The Morgan fingerprint density at radius 3 is 2.48 bits per heavy atom. The number of hydrogen-bond donors (Lipinski definition) is 1. The number of hydrogen-bond acceptors (Lipinski definition) is 2. The molecule has 0 heterocycles. The average Bonchev–Trinajstić information content (AvgIpc) is 2.39. The van der Waals surface area contributed by atoms with E-state index in [-0.39, 0.29) is 5.75 Å². The van der Waals surface area contributed by atoms with Crippen molar-refractivity contribution in [1.29, 1.82) is 0 Å². The molecule has 0 unspecified atom stereocenters. The van der Waals surface area contributed by atoms with Gasteiger partial charge in [0.05, 0.1) is 10.0 Å². The SMILES string of the molecule is FC(F)(F)Oc1cccc(NCc2cccc(Cl)c2Cl)c1. The quantitative estimate of drug-likeness (QED) is 0.796. The van der Waals surface area contributed by atoms with Crippen LogP contribution in [0.1, 0.15) is 5.56 Å². The van der Waals surface area contributed by atoms with E-state index in [0.29, 0.717) is 22.3 Å². The molecule has 0 radical (unpaired) electrons. The Kier molecular flexibility index (Phi) is 4.85. The van der Waals surface area contributed by atoms with Crippen molar-refractivity contribution in [2.24, 2.45) is 0 Å². The summed E-state index contributed by atoms with van der Waals surface area (Å²) in [6.07, 6.45) is -4.71. The maximum absolute atomic E-state index is 12.1. The van der Waals surface area contributed by atoms with E-state index in [0.717, 1.165) is 5.56 Å². The van der Waals surface area contributed by atoms with Gasteiger partial charge in [-0.1, -0.05) is 41.4 Å². The molecule has 0 aliphatic rings. The molecule has 7 heteroatoms. The Morgan fingerprint density at radius 2 is 1.76 bits per heavy atom. The molecule has 0 fully saturated rings. The van der Waals surface area contributed by atoms with Gasteiger partial charge in [-0.15, -0.1) is 13.2 Å². The van der Waals surface area contributed by atoms with E-state index in [1.807, 2.05) is 0 Å². The lowest BCUT2D eigenvalue weighted by Crippen LogP contribution is -2.17. The first-order valence-electron chi connectivity index (χ1n) is 5.88. The van der Waals surface area contributed by atoms with Crippen molar-refractivity contribution in [2.45, 2.75) is 12.9 Å². The van der Waals surface area contributed by atoms with Crippen molar-refractivity contribution in [3.8, 4) is 5.75 Å². The fourth-order valence-corrected chi connectivity index (χ4v) is 2.07. The van der Waals surface area contributed by atoms with Crippen molar-refractivity contribution in [3.63, 3.8) is 0 Å². The van der Waals surface area contributed by atoms with Crippen LogP contribution in [-0.4, -0.2) is 6.36 Å². The van der Waals surface area contributed by atoms with Crippen molar-refractivity contribution in [2.75, 3.05) is 5.32 Å². The number of halogens is 5. The highest BCUT2D eigenvalue weighted by atomic mass is 35.5. The zero-order valence-electron chi connectivity index (χ0n) is 10.5. The van der Waals surface area contributed by atoms with Gasteiger partial charge in [0.2, 0.25) is 0 Å². The Bertz CT molecular complexity index is 632. The number of rotatable bonds is 4. The summed E-state index contributed by atoms with van der Waals surface area (Å²) >= 11 is 11.9. The molecule has 0 aliphatic carbocycles. The normalized spacial score (nSPS) is 11.3. The van der Waals surface area contributed by atoms with Gasteiger partial charge >= 0.3 is 6.36 Å². The molecule has 2 aromatic rings. The second-order valence-corrected chi connectivity index (χ2v) is 4.93. The van der Waals surface area contributed by atoms with Crippen LogP contribution in [0.25, 0.3) is 0 Å². The van der Waals surface area contributed by atoms with Gasteiger partial charge < -0.3 is 10.1 Å². The lowest BCUT2D eigenvalue weighted by Gasteiger charge is -2.12. The van der Waals surface area contributed by atoms with Crippen molar-refractivity contribution >= 4 is 28.9 Å². The molecule has 0 aromatic heterocycles. The van der Waals surface area contributed by atoms with Gasteiger partial charge in [-0.05, 0) is 23.8 Å². The minimum absolute atomic E-state index is 0.287. The fraction of sp³-hybridized carbons (Fsp3) is 0.143. The van der Waals surface area contributed by atoms with Crippen LogP contribution < -0.4 is 10.1 Å². The predicted molar refractivity (Wildman–Crippen MR) is 76.9 cm³/mol. The number of ether oxygens (including phenoxy) is 1. The molecule has 0 atom stereocenters. The molecule has 2 aromatic carbocycles. The molecule has 2 nitrogen and oxygen atoms in total. The van der Waals surface area contributed by atoms with Gasteiger partial charge in [0.25, 0.3) is 0 Å². The molecule has 0 bridgehead atoms. The predicted octanol–water partition coefficient (Wildman–Crippen LogP) is 5.50. The van der Waals surface area contributed by atoms with Crippen LogP contribution in [0.5, 0.6) is 5.75 Å². The molecule has 0 amide bonds. The van der Waals surface area contributed by atoms with E-state index >= 15 is 0 Å². The number of nitrogens with one attached hydrogen (secondary N) is 1. The minimum Gasteiger partial charge on any atom is -0.406 e. The summed E-state index contributed by atoms with van der Waals surface area (Å²) in [6.45, 7) is 0.328. The third-order valence-corrected chi connectivity index (χ3v) is 3.44. The molecule has 0 spiro atoms. The molecule has 0 saturated heterocycles. The Labute approximate surface area is 129 Å². The maximum Gasteiger partial charge on any atom is 0.573 e. The highest BCUT2D eigenvalue weighted by molar-refractivity contribution is 6.42. The van der Waals surface area contributed by atoms with Gasteiger partial charge in [-0.25, -0.2) is 0 Å². The van der Waals surface area contributed by atoms with E-state index in [4.69, 9.17) is 23.2 Å². The van der Waals surface area contributed by atoms with Crippen LogP contribution >= 0.6 is 23.2 Å². The molecule has 0 saturated carbocycles. The monoisotopic (exact) mass is 335 g/mol. The summed E-state index contributed by atoms with van der Waals surface area (Å²) in [7, 11) is 0. The Morgan fingerprint density at radius 1 is 1.05 bits per heavy atom. The number of alkyl halides is 3. The number of benzene rings is 2. The van der Waals surface area contributed by atoms with E-state index in [9.17, 15) is 13.2 Å². The van der Waals surface area contributed by atoms with E-state index in [2.05, 4.69) is 10.1 Å². The van der Waals surface area contributed by atoms with Gasteiger partial charge in [-0.3, -0.25) is 0 Å². The first-order chi connectivity index (χ1) is 9.85. The van der Waals surface area contributed by atoms with Crippen LogP contribution in [-0.2, 0) is 6.54 Å².